The summed E-state index contributed by atoms with van der Waals surface area (Å²) in [5.41, 5.74) is 2.55. The normalized spacial score (nSPS) is 10.8. The standard InChI is InChI=1S/C12H11Cl3N2/c1-2-10-8(7-13)12(15)17(16-10)11-6-4-3-5-9(11)14/h3-6H,2,7H2,1H3. The largest absolute Gasteiger partial charge is 0.220 e. The predicted octanol–water partition coefficient (Wildman–Crippen LogP) is 4.48. The van der Waals surface area contributed by atoms with Gasteiger partial charge in [-0.05, 0) is 18.6 Å². The third kappa shape index (κ3) is 2.30. The fourth-order valence-electron chi connectivity index (χ4n) is 1.67. The zero-order valence-corrected chi connectivity index (χ0v) is 11.5. The Bertz CT molecular complexity index is 535. The first-order chi connectivity index (χ1) is 8.19. The molecule has 0 aliphatic carbocycles. The van der Waals surface area contributed by atoms with E-state index in [1.165, 1.54) is 0 Å². The summed E-state index contributed by atoms with van der Waals surface area (Å²) in [6.45, 7) is 2.02. The Morgan fingerprint density at radius 3 is 2.47 bits per heavy atom. The van der Waals surface area contributed by atoms with Gasteiger partial charge in [0.2, 0.25) is 0 Å². The third-order valence-electron chi connectivity index (χ3n) is 2.55. The van der Waals surface area contributed by atoms with Crippen molar-refractivity contribution >= 4 is 34.8 Å². The predicted molar refractivity (Wildman–Crippen MR) is 72.5 cm³/mol. The quantitative estimate of drug-likeness (QED) is 0.762. The summed E-state index contributed by atoms with van der Waals surface area (Å²) >= 11 is 18.3. The summed E-state index contributed by atoms with van der Waals surface area (Å²) < 4.78 is 1.64. The van der Waals surface area contributed by atoms with Crippen molar-refractivity contribution in [2.75, 3.05) is 0 Å². The highest BCUT2D eigenvalue weighted by Gasteiger charge is 2.16. The molecule has 0 aliphatic rings. The van der Waals surface area contributed by atoms with Crippen LogP contribution >= 0.6 is 34.8 Å². The Kier molecular flexibility index (Phi) is 3.97. The summed E-state index contributed by atoms with van der Waals surface area (Å²) in [6.07, 6.45) is 0.791. The van der Waals surface area contributed by atoms with Crippen molar-refractivity contribution in [3.8, 4) is 5.69 Å². The van der Waals surface area contributed by atoms with Crippen LogP contribution < -0.4 is 0 Å². The lowest BCUT2D eigenvalue weighted by Gasteiger charge is -2.05. The third-order valence-corrected chi connectivity index (χ3v) is 3.53. The second kappa shape index (κ2) is 5.30. The molecule has 1 aromatic carbocycles. The number of aryl methyl sites for hydroxylation is 1. The van der Waals surface area contributed by atoms with E-state index in [0.717, 1.165) is 23.4 Å². The molecule has 90 valence electrons. The molecular weight excluding hydrogens is 279 g/mol. The molecule has 0 fully saturated rings. The number of alkyl halides is 1. The molecule has 5 heteroatoms. The number of nitrogens with zero attached hydrogens (tertiary/aromatic N) is 2. The van der Waals surface area contributed by atoms with Crippen molar-refractivity contribution in [2.24, 2.45) is 0 Å². The maximum atomic E-state index is 6.27. The van der Waals surface area contributed by atoms with Crippen LogP contribution in [0.25, 0.3) is 5.69 Å². The van der Waals surface area contributed by atoms with E-state index in [0.29, 0.717) is 16.1 Å². The lowest BCUT2D eigenvalue weighted by Crippen LogP contribution is -1.97. The van der Waals surface area contributed by atoms with E-state index in [-0.39, 0.29) is 0 Å². The molecular formula is C12H11Cl3N2. The molecule has 0 amide bonds. The van der Waals surface area contributed by atoms with Crippen LogP contribution in [0, 0.1) is 0 Å². The highest BCUT2D eigenvalue weighted by Crippen LogP contribution is 2.28. The summed E-state index contributed by atoms with van der Waals surface area (Å²) in [6, 6.07) is 7.44. The van der Waals surface area contributed by atoms with Crippen LogP contribution in [0.4, 0.5) is 0 Å². The lowest BCUT2D eigenvalue weighted by atomic mass is 10.2. The fourth-order valence-corrected chi connectivity index (χ4v) is 2.54. The molecule has 0 spiro atoms. The molecule has 1 heterocycles. The van der Waals surface area contributed by atoms with Gasteiger partial charge in [0.1, 0.15) is 5.15 Å². The smallest absolute Gasteiger partial charge is 0.137 e. The minimum Gasteiger partial charge on any atom is -0.220 e. The average molecular weight is 290 g/mol. The first-order valence-electron chi connectivity index (χ1n) is 5.26. The zero-order valence-electron chi connectivity index (χ0n) is 9.25. The van der Waals surface area contributed by atoms with Crippen molar-refractivity contribution in [1.82, 2.24) is 9.78 Å². The number of hydrogen-bond donors (Lipinski definition) is 0. The van der Waals surface area contributed by atoms with Crippen molar-refractivity contribution in [2.45, 2.75) is 19.2 Å². The maximum absolute atomic E-state index is 6.27. The van der Waals surface area contributed by atoms with Crippen LogP contribution in [0.5, 0.6) is 0 Å². The Morgan fingerprint density at radius 2 is 1.94 bits per heavy atom. The van der Waals surface area contributed by atoms with E-state index in [1.54, 1.807) is 10.7 Å². The second-order valence-electron chi connectivity index (χ2n) is 3.57. The minimum absolute atomic E-state index is 0.354. The first kappa shape index (κ1) is 12.7. The SMILES string of the molecule is CCc1nn(-c2ccccc2Cl)c(Cl)c1CCl. The van der Waals surface area contributed by atoms with E-state index >= 15 is 0 Å². The molecule has 2 aromatic rings. The molecule has 0 radical (unpaired) electrons. The Morgan fingerprint density at radius 1 is 1.24 bits per heavy atom. The number of benzene rings is 1. The molecule has 0 saturated carbocycles. The van der Waals surface area contributed by atoms with E-state index in [4.69, 9.17) is 34.8 Å². The monoisotopic (exact) mass is 288 g/mol. The molecule has 0 saturated heterocycles. The van der Waals surface area contributed by atoms with Gasteiger partial charge in [-0.3, -0.25) is 0 Å². The molecule has 0 aliphatic heterocycles. The number of aromatic nitrogens is 2. The highest BCUT2D eigenvalue weighted by atomic mass is 35.5. The van der Waals surface area contributed by atoms with Gasteiger partial charge < -0.3 is 0 Å². The first-order valence-corrected chi connectivity index (χ1v) is 6.55. The number of rotatable bonds is 3. The molecule has 0 bridgehead atoms. The van der Waals surface area contributed by atoms with E-state index in [9.17, 15) is 0 Å². The van der Waals surface area contributed by atoms with Crippen LogP contribution in [0.1, 0.15) is 18.2 Å². The van der Waals surface area contributed by atoms with Crippen LogP contribution in [0.3, 0.4) is 0 Å². The topological polar surface area (TPSA) is 17.8 Å². The molecule has 0 unspecified atom stereocenters. The van der Waals surface area contributed by atoms with Gasteiger partial charge in [-0.1, -0.05) is 42.3 Å². The summed E-state index contributed by atoms with van der Waals surface area (Å²) in [5, 5.41) is 5.59. The maximum Gasteiger partial charge on any atom is 0.137 e. The zero-order chi connectivity index (χ0) is 12.4. The van der Waals surface area contributed by atoms with Gasteiger partial charge in [0, 0.05) is 5.56 Å². The number of hydrogen-bond acceptors (Lipinski definition) is 1. The van der Waals surface area contributed by atoms with Crippen LogP contribution in [0.15, 0.2) is 24.3 Å². The van der Waals surface area contributed by atoms with E-state index in [2.05, 4.69) is 5.10 Å². The number of para-hydroxylation sites is 1. The van der Waals surface area contributed by atoms with Gasteiger partial charge in [0.25, 0.3) is 0 Å². The van der Waals surface area contributed by atoms with Crippen LogP contribution in [0.2, 0.25) is 10.2 Å². The van der Waals surface area contributed by atoms with Crippen molar-refractivity contribution in [1.29, 1.82) is 0 Å². The summed E-state index contributed by atoms with van der Waals surface area (Å²) in [4.78, 5) is 0. The van der Waals surface area contributed by atoms with Crippen LogP contribution in [-0.4, -0.2) is 9.78 Å². The van der Waals surface area contributed by atoms with Crippen molar-refractivity contribution in [3.05, 3.63) is 45.7 Å². The molecule has 2 nitrogen and oxygen atoms in total. The molecule has 17 heavy (non-hydrogen) atoms. The van der Waals surface area contributed by atoms with Crippen molar-refractivity contribution < 1.29 is 0 Å². The molecule has 1 aromatic heterocycles. The molecule has 0 atom stereocenters. The lowest BCUT2D eigenvalue weighted by molar-refractivity contribution is 0.842. The van der Waals surface area contributed by atoms with E-state index in [1.807, 2.05) is 25.1 Å². The van der Waals surface area contributed by atoms with Gasteiger partial charge in [-0.25, -0.2) is 4.68 Å². The highest BCUT2D eigenvalue weighted by molar-refractivity contribution is 6.33. The molecule has 0 N–H and O–H groups in total. The van der Waals surface area contributed by atoms with Gasteiger partial charge >= 0.3 is 0 Å². The van der Waals surface area contributed by atoms with Gasteiger partial charge in [0.05, 0.1) is 22.3 Å². The minimum atomic E-state index is 0.354. The number of halogens is 3. The second-order valence-corrected chi connectivity index (χ2v) is 4.60. The van der Waals surface area contributed by atoms with E-state index < -0.39 is 0 Å². The Hall–Kier alpha value is -0.700. The average Bonchev–Trinajstić information content (AvgIpc) is 2.66. The van der Waals surface area contributed by atoms with Crippen LogP contribution in [-0.2, 0) is 12.3 Å². The van der Waals surface area contributed by atoms with Gasteiger partial charge in [0.15, 0.2) is 0 Å². The Labute approximate surface area is 115 Å². The fraction of sp³-hybridized carbons (Fsp3) is 0.250. The summed E-state index contributed by atoms with van der Waals surface area (Å²) in [7, 11) is 0. The van der Waals surface area contributed by atoms with Gasteiger partial charge in [-0.2, -0.15) is 5.10 Å². The molecule has 2 rings (SSSR count). The van der Waals surface area contributed by atoms with Gasteiger partial charge in [-0.15, -0.1) is 11.6 Å². The summed E-state index contributed by atoms with van der Waals surface area (Å²) in [5.74, 6) is 0.354. The van der Waals surface area contributed by atoms with Crippen molar-refractivity contribution in [3.63, 3.8) is 0 Å². The Balaban J connectivity index is 2.61.